The van der Waals surface area contributed by atoms with Crippen LogP contribution in [0.2, 0.25) is 0 Å². The minimum absolute atomic E-state index is 0.0494. The molecule has 2 fully saturated rings. The van der Waals surface area contributed by atoms with Gasteiger partial charge in [0.25, 0.3) is 0 Å². The average Bonchev–Trinajstić information content (AvgIpc) is 3.05. The van der Waals surface area contributed by atoms with Crippen LogP contribution in [0, 0.1) is 5.92 Å². The van der Waals surface area contributed by atoms with Gasteiger partial charge in [-0.15, -0.1) is 0 Å². The van der Waals surface area contributed by atoms with Crippen molar-refractivity contribution in [3.63, 3.8) is 0 Å². The Morgan fingerprint density at radius 3 is 3.04 bits per heavy atom. The summed E-state index contributed by atoms with van der Waals surface area (Å²) in [6, 6.07) is 8.20. The Kier molecular flexibility index (Phi) is 3.57. The van der Waals surface area contributed by atoms with Crippen LogP contribution >= 0.6 is 0 Å². The number of nitrogens with zero attached hydrogens (tertiary/aromatic N) is 2. The molecule has 1 aromatic carbocycles. The fourth-order valence-electron chi connectivity index (χ4n) is 4.28. The number of ketones is 1. The topological polar surface area (TPSA) is 46.9 Å². The fourth-order valence-corrected chi connectivity index (χ4v) is 4.28. The van der Waals surface area contributed by atoms with E-state index in [2.05, 4.69) is 22.4 Å². The van der Waals surface area contributed by atoms with Gasteiger partial charge in [0.05, 0.1) is 0 Å². The molecular weight excluding hydrogens is 286 g/mol. The molecule has 0 spiro atoms. The van der Waals surface area contributed by atoms with Crippen molar-refractivity contribution in [3.05, 3.63) is 53.6 Å². The van der Waals surface area contributed by atoms with E-state index in [1.165, 1.54) is 31.2 Å². The number of imidazole rings is 1. The standard InChI is InChI=1S/C19H23N3O/c1-22-12-11-21-18(22)17(23)15-5-2-3-6-16(15)19-8-4-9-20-10-7-14(19)13-19/h2-3,5-6,11-12,14,20H,4,7-10,13H2,1H3. The number of fused-ring (bicyclic) bond motifs is 1. The second-order valence-electron chi connectivity index (χ2n) is 6.94. The quantitative estimate of drug-likeness (QED) is 0.887. The maximum Gasteiger partial charge on any atom is 0.228 e. The summed E-state index contributed by atoms with van der Waals surface area (Å²) in [6.45, 7) is 2.19. The maximum atomic E-state index is 13.0. The highest BCUT2D eigenvalue weighted by atomic mass is 16.1. The van der Waals surface area contributed by atoms with Gasteiger partial charge >= 0.3 is 0 Å². The number of carbonyl (C=O) groups excluding carboxylic acids is 1. The van der Waals surface area contributed by atoms with Crippen LogP contribution in [0.3, 0.4) is 0 Å². The van der Waals surface area contributed by atoms with Crippen LogP contribution in [-0.4, -0.2) is 28.4 Å². The first-order chi connectivity index (χ1) is 11.2. The number of aromatic nitrogens is 2. The van der Waals surface area contributed by atoms with Gasteiger partial charge in [0.15, 0.2) is 5.82 Å². The summed E-state index contributed by atoms with van der Waals surface area (Å²) in [5.74, 6) is 1.29. The maximum absolute atomic E-state index is 13.0. The zero-order chi connectivity index (χ0) is 15.9. The number of rotatable bonds is 3. The SMILES string of the molecule is Cn1ccnc1C(=O)c1ccccc1C12CCCNCCC1C2. The number of aryl methyl sites for hydroxylation is 1. The van der Waals surface area contributed by atoms with Crippen molar-refractivity contribution in [1.82, 2.24) is 14.9 Å². The predicted molar refractivity (Wildman–Crippen MR) is 89.6 cm³/mol. The molecule has 0 radical (unpaired) electrons. The van der Waals surface area contributed by atoms with Gasteiger partial charge in [-0.1, -0.05) is 24.3 Å². The second kappa shape index (κ2) is 5.60. The number of carbonyl (C=O) groups is 1. The highest BCUT2D eigenvalue weighted by molar-refractivity contribution is 6.08. The van der Waals surface area contributed by atoms with Crippen LogP contribution in [0.15, 0.2) is 36.7 Å². The van der Waals surface area contributed by atoms with Crippen molar-refractivity contribution >= 4 is 5.78 Å². The van der Waals surface area contributed by atoms with Gasteiger partial charge < -0.3 is 9.88 Å². The van der Waals surface area contributed by atoms with E-state index >= 15 is 0 Å². The highest BCUT2D eigenvalue weighted by Gasteiger charge is 2.55. The van der Waals surface area contributed by atoms with E-state index in [1.54, 1.807) is 6.20 Å². The third-order valence-corrected chi connectivity index (χ3v) is 5.61. The first-order valence-electron chi connectivity index (χ1n) is 8.55. The lowest BCUT2D eigenvalue weighted by Gasteiger charge is -2.23. The molecule has 1 aliphatic carbocycles. The van der Waals surface area contributed by atoms with Crippen LogP contribution in [0.25, 0.3) is 0 Å². The molecule has 4 rings (SSSR count). The molecule has 23 heavy (non-hydrogen) atoms. The molecule has 0 amide bonds. The van der Waals surface area contributed by atoms with E-state index in [1.807, 2.05) is 29.9 Å². The van der Waals surface area contributed by atoms with Crippen molar-refractivity contribution < 1.29 is 4.79 Å². The number of hydrogen-bond donors (Lipinski definition) is 1. The van der Waals surface area contributed by atoms with Crippen molar-refractivity contribution in [2.24, 2.45) is 13.0 Å². The molecule has 2 heterocycles. The molecule has 1 aliphatic heterocycles. The molecule has 1 N–H and O–H groups in total. The first kappa shape index (κ1) is 14.6. The summed E-state index contributed by atoms with van der Waals surface area (Å²) in [5.41, 5.74) is 2.32. The molecule has 4 nitrogen and oxygen atoms in total. The number of hydrogen-bond acceptors (Lipinski definition) is 3. The monoisotopic (exact) mass is 309 g/mol. The fraction of sp³-hybridized carbons (Fsp3) is 0.474. The Labute approximate surface area is 136 Å². The van der Waals surface area contributed by atoms with Gasteiger partial charge in [0.2, 0.25) is 5.78 Å². The molecule has 1 saturated heterocycles. The zero-order valence-corrected chi connectivity index (χ0v) is 13.6. The normalized spacial score (nSPS) is 26.9. The summed E-state index contributed by atoms with van der Waals surface area (Å²) in [6.07, 6.45) is 8.31. The molecule has 4 heteroatoms. The highest BCUT2D eigenvalue weighted by Crippen LogP contribution is 2.60. The molecule has 2 aliphatic rings. The van der Waals surface area contributed by atoms with Gasteiger partial charge in [0.1, 0.15) is 0 Å². The Hall–Kier alpha value is -1.94. The molecule has 120 valence electrons. The molecule has 0 bridgehead atoms. The van der Waals surface area contributed by atoms with Crippen LogP contribution in [0.4, 0.5) is 0 Å². The lowest BCUT2D eigenvalue weighted by atomic mass is 9.83. The van der Waals surface area contributed by atoms with E-state index in [9.17, 15) is 4.79 Å². The minimum atomic E-state index is 0.0494. The summed E-state index contributed by atoms with van der Waals surface area (Å²) in [7, 11) is 1.88. The Balaban J connectivity index is 1.73. The van der Waals surface area contributed by atoms with Crippen LogP contribution in [0.1, 0.15) is 47.4 Å². The Bertz CT molecular complexity index is 736. The third-order valence-electron chi connectivity index (χ3n) is 5.61. The van der Waals surface area contributed by atoms with Gasteiger partial charge in [-0.2, -0.15) is 0 Å². The van der Waals surface area contributed by atoms with Crippen molar-refractivity contribution in [1.29, 1.82) is 0 Å². The zero-order valence-electron chi connectivity index (χ0n) is 13.6. The smallest absolute Gasteiger partial charge is 0.228 e. The van der Waals surface area contributed by atoms with Crippen LogP contribution in [0.5, 0.6) is 0 Å². The molecule has 1 saturated carbocycles. The molecule has 1 aromatic heterocycles. The van der Waals surface area contributed by atoms with Gasteiger partial charge in [-0.3, -0.25) is 4.79 Å². The first-order valence-corrected chi connectivity index (χ1v) is 8.55. The van der Waals surface area contributed by atoms with Crippen LogP contribution < -0.4 is 5.32 Å². The lowest BCUT2D eigenvalue weighted by Crippen LogP contribution is -2.25. The van der Waals surface area contributed by atoms with Gasteiger partial charge in [-0.25, -0.2) is 4.98 Å². The van der Waals surface area contributed by atoms with E-state index in [-0.39, 0.29) is 11.2 Å². The lowest BCUT2D eigenvalue weighted by molar-refractivity contribution is 0.102. The molecular formula is C19H23N3O. The summed E-state index contributed by atoms with van der Waals surface area (Å²) < 4.78 is 1.81. The van der Waals surface area contributed by atoms with E-state index in [0.717, 1.165) is 18.7 Å². The summed E-state index contributed by atoms with van der Waals surface area (Å²) in [5, 5.41) is 3.50. The van der Waals surface area contributed by atoms with Crippen molar-refractivity contribution in [2.45, 2.75) is 31.1 Å². The van der Waals surface area contributed by atoms with E-state index in [4.69, 9.17) is 0 Å². The largest absolute Gasteiger partial charge is 0.331 e. The molecule has 2 unspecified atom stereocenters. The number of benzene rings is 1. The summed E-state index contributed by atoms with van der Waals surface area (Å²) in [4.78, 5) is 17.3. The van der Waals surface area contributed by atoms with Crippen molar-refractivity contribution in [2.75, 3.05) is 13.1 Å². The van der Waals surface area contributed by atoms with E-state index in [0.29, 0.717) is 11.7 Å². The predicted octanol–water partition coefficient (Wildman–Crippen LogP) is 2.68. The van der Waals surface area contributed by atoms with E-state index < -0.39 is 0 Å². The van der Waals surface area contributed by atoms with Crippen LogP contribution in [-0.2, 0) is 12.5 Å². The van der Waals surface area contributed by atoms with Crippen molar-refractivity contribution in [3.8, 4) is 0 Å². The average molecular weight is 309 g/mol. The second-order valence-corrected chi connectivity index (χ2v) is 6.94. The van der Waals surface area contributed by atoms with Gasteiger partial charge in [0, 0.05) is 25.0 Å². The van der Waals surface area contributed by atoms with Gasteiger partial charge in [-0.05, 0) is 55.7 Å². The third kappa shape index (κ3) is 2.41. The minimum Gasteiger partial charge on any atom is -0.331 e. The summed E-state index contributed by atoms with van der Waals surface area (Å²) >= 11 is 0. The Morgan fingerprint density at radius 1 is 1.35 bits per heavy atom. The molecule has 2 aromatic rings. The Morgan fingerprint density at radius 2 is 2.22 bits per heavy atom. The number of nitrogens with one attached hydrogen (secondary N) is 1. The molecule has 2 atom stereocenters.